The minimum Gasteiger partial charge on any atom is -0.385 e. The lowest BCUT2D eigenvalue weighted by Gasteiger charge is -2.30. The molecule has 1 aromatic heterocycles. The molecule has 6 nitrogen and oxygen atoms in total. The summed E-state index contributed by atoms with van der Waals surface area (Å²) in [7, 11) is 3.52. The summed E-state index contributed by atoms with van der Waals surface area (Å²) in [4.78, 5) is 14.6. The largest absolute Gasteiger partial charge is 0.385 e. The molecule has 2 rings (SSSR count). The molecule has 0 aliphatic carbocycles. The number of rotatable bonds is 7. The van der Waals surface area contributed by atoms with Crippen LogP contribution in [-0.2, 0) is 16.6 Å². The maximum absolute atomic E-state index is 12.4. The number of likely N-dealkylation sites (tertiary alicyclic amines) is 1. The minimum atomic E-state index is -0.180. The Kier molecular flexibility index (Phi) is 6.44. The van der Waals surface area contributed by atoms with E-state index in [4.69, 9.17) is 16.3 Å². The summed E-state index contributed by atoms with van der Waals surface area (Å²) in [6.07, 6.45) is 2.90. The molecule has 1 amide bonds. The molecule has 7 heteroatoms. The Morgan fingerprint density at radius 2 is 2.30 bits per heavy atom. The van der Waals surface area contributed by atoms with Gasteiger partial charge in [0.2, 0.25) is 5.91 Å². The van der Waals surface area contributed by atoms with Gasteiger partial charge in [-0.05, 0) is 39.7 Å². The zero-order valence-electron chi connectivity index (χ0n) is 14.4. The first-order chi connectivity index (χ1) is 11.0. The molecular formula is C16H27ClN4O2. The van der Waals surface area contributed by atoms with Crippen LogP contribution in [0.15, 0.2) is 0 Å². The molecule has 1 saturated heterocycles. The van der Waals surface area contributed by atoms with Crippen LogP contribution in [-0.4, -0.2) is 53.4 Å². The van der Waals surface area contributed by atoms with Gasteiger partial charge in [0.15, 0.2) is 0 Å². The van der Waals surface area contributed by atoms with Gasteiger partial charge in [0.05, 0.1) is 11.7 Å². The third kappa shape index (κ3) is 4.05. The lowest BCUT2D eigenvalue weighted by Crippen LogP contribution is -2.45. The summed E-state index contributed by atoms with van der Waals surface area (Å²) >= 11 is 6.42. The van der Waals surface area contributed by atoms with E-state index in [2.05, 4.69) is 15.3 Å². The van der Waals surface area contributed by atoms with Crippen LogP contribution in [0.2, 0.25) is 5.15 Å². The molecule has 0 bridgehead atoms. The molecule has 0 saturated carbocycles. The van der Waals surface area contributed by atoms with Crippen LogP contribution in [0.5, 0.6) is 0 Å². The summed E-state index contributed by atoms with van der Waals surface area (Å²) in [5.74, 6) is 0.0608. The van der Waals surface area contributed by atoms with Gasteiger partial charge in [0.25, 0.3) is 0 Å². The van der Waals surface area contributed by atoms with Crippen molar-refractivity contribution < 1.29 is 9.53 Å². The molecular weight excluding hydrogens is 316 g/mol. The van der Waals surface area contributed by atoms with Gasteiger partial charge in [-0.2, -0.15) is 5.10 Å². The molecule has 0 spiro atoms. The van der Waals surface area contributed by atoms with Crippen LogP contribution >= 0.6 is 11.6 Å². The first-order valence-corrected chi connectivity index (χ1v) is 8.56. The van der Waals surface area contributed by atoms with Crippen LogP contribution in [0.3, 0.4) is 0 Å². The van der Waals surface area contributed by atoms with E-state index in [1.165, 1.54) is 0 Å². The zero-order valence-corrected chi connectivity index (χ0v) is 15.2. The molecule has 1 N–H and O–H groups in total. The second-order valence-electron chi connectivity index (χ2n) is 6.12. The topological polar surface area (TPSA) is 59.4 Å². The van der Waals surface area contributed by atoms with Gasteiger partial charge in [-0.15, -0.1) is 0 Å². The van der Waals surface area contributed by atoms with E-state index in [1.54, 1.807) is 11.8 Å². The molecule has 1 aromatic rings. The zero-order chi connectivity index (χ0) is 17.0. The van der Waals surface area contributed by atoms with E-state index in [0.29, 0.717) is 18.3 Å². The number of hydrogen-bond donors (Lipinski definition) is 1. The van der Waals surface area contributed by atoms with Crippen LogP contribution in [0.25, 0.3) is 0 Å². The van der Waals surface area contributed by atoms with E-state index in [-0.39, 0.29) is 18.0 Å². The number of aryl methyl sites for hydroxylation is 2. The van der Waals surface area contributed by atoms with Gasteiger partial charge in [0.1, 0.15) is 5.15 Å². The summed E-state index contributed by atoms with van der Waals surface area (Å²) in [6.45, 7) is 6.15. The predicted molar refractivity (Wildman–Crippen MR) is 90.6 cm³/mol. The van der Waals surface area contributed by atoms with Crippen LogP contribution in [0.1, 0.15) is 43.5 Å². The molecule has 0 aromatic carbocycles. The van der Waals surface area contributed by atoms with Crippen molar-refractivity contribution in [2.45, 2.75) is 45.2 Å². The highest BCUT2D eigenvalue weighted by molar-refractivity contribution is 6.30. The average Bonchev–Trinajstić information content (AvgIpc) is 3.08. The van der Waals surface area contributed by atoms with Crippen molar-refractivity contribution in [1.82, 2.24) is 20.0 Å². The van der Waals surface area contributed by atoms with Crippen molar-refractivity contribution in [3.8, 4) is 0 Å². The van der Waals surface area contributed by atoms with Gasteiger partial charge in [-0.25, -0.2) is 0 Å². The van der Waals surface area contributed by atoms with Crippen LogP contribution < -0.4 is 5.32 Å². The number of halogens is 1. The molecule has 2 heterocycles. The second kappa shape index (κ2) is 8.13. The summed E-state index contributed by atoms with van der Waals surface area (Å²) < 4.78 is 6.71. The molecule has 23 heavy (non-hydrogen) atoms. The Balaban J connectivity index is 2.04. The predicted octanol–water partition coefficient (Wildman–Crippen LogP) is 2.06. The summed E-state index contributed by atoms with van der Waals surface area (Å²) in [5, 5.41) is 8.07. The van der Waals surface area contributed by atoms with Crippen molar-refractivity contribution in [3.63, 3.8) is 0 Å². The number of nitrogens with zero attached hydrogens (tertiary/aromatic N) is 3. The van der Waals surface area contributed by atoms with Crippen molar-refractivity contribution in [1.29, 1.82) is 0 Å². The standard InChI is InChI=1S/C16H27ClN4O2/c1-11-14(15(17)20(3)19-11)13-7-5-9-21(13)12(2)16(22)18-8-6-10-23-4/h12-13H,5-10H2,1-4H3,(H,18,22)/t12-,13+/m0/s1. The van der Waals surface area contributed by atoms with Gasteiger partial charge >= 0.3 is 0 Å². The van der Waals surface area contributed by atoms with E-state index in [1.807, 2.05) is 20.9 Å². The fourth-order valence-electron chi connectivity index (χ4n) is 3.31. The van der Waals surface area contributed by atoms with Crippen molar-refractivity contribution in [2.24, 2.45) is 7.05 Å². The monoisotopic (exact) mass is 342 g/mol. The van der Waals surface area contributed by atoms with E-state index >= 15 is 0 Å². The molecule has 1 aliphatic rings. The van der Waals surface area contributed by atoms with Crippen LogP contribution in [0.4, 0.5) is 0 Å². The Morgan fingerprint density at radius 1 is 1.57 bits per heavy atom. The van der Waals surface area contributed by atoms with Crippen LogP contribution in [0, 0.1) is 6.92 Å². The molecule has 130 valence electrons. The fraction of sp³-hybridized carbons (Fsp3) is 0.750. The number of amides is 1. The first kappa shape index (κ1) is 18.2. The lowest BCUT2D eigenvalue weighted by atomic mass is 10.0. The van der Waals surface area contributed by atoms with E-state index < -0.39 is 0 Å². The number of nitrogens with one attached hydrogen (secondary N) is 1. The number of hydrogen-bond acceptors (Lipinski definition) is 4. The van der Waals surface area contributed by atoms with Gasteiger partial charge in [-0.3, -0.25) is 14.4 Å². The number of methoxy groups -OCH3 is 1. The van der Waals surface area contributed by atoms with Crippen molar-refractivity contribution >= 4 is 17.5 Å². The van der Waals surface area contributed by atoms with Crippen molar-refractivity contribution in [3.05, 3.63) is 16.4 Å². The van der Waals surface area contributed by atoms with Gasteiger partial charge in [-0.1, -0.05) is 11.6 Å². The average molecular weight is 343 g/mol. The Hall–Kier alpha value is -1.11. The number of carbonyl (C=O) groups is 1. The molecule has 1 aliphatic heterocycles. The Bertz CT molecular complexity index is 546. The third-order valence-corrected chi connectivity index (χ3v) is 4.97. The normalized spacial score (nSPS) is 20.0. The molecule has 2 atom stereocenters. The quantitative estimate of drug-likeness (QED) is 0.770. The highest BCUT2D eigenvalue weighted by atomic mass is 35.5. The highest BCUT2D eigenvalue weighted by Crippen LogP contribution is 2.38. The Morgan fingerprint density at radius 3 is 2.91 bits per heavy atom. The number of aromatic nitrogens is 2. The molecule has 0 radical (unpaired) electrons. The third-order valence-electron chi connectivity index (χ3n) is 4.52. The molecule has 1 fully saturated rings. The summed E-state index contributed by atoms with van der Waals surface area (Å²) in [6, 6.07) is -0.0170. The number of carbonyl (C=O) groups excluding carboxylic acids is 1. The van der Waals surface area contributed by atoms with Gasteiger partial charge in [0, 0.05) is 38.9 Å². The highest BCUT2D eigenvalue weighted by Gasteiger charge is 2.36. The smallest absolute Gasteiger partial charge is 0.237 e. The summed E-state index contributed by atoms with van der Waals surface area (Å²) in [5.41, 5.74) is 2.01. The maximum Gasteiger partial charge on any atom is 0.237 e. The molecule has 0 unspecified atom stereocenters. The lowest BCUT2D eigenvalue weighted by molar-refractivity contribution is -0.126. The minimum absolute atomic E-state index is 0.0608. The fourth-order valence-corrected chi connectivity index (χ4v) is 3.61. The maximum atomic E-state index is 12.4. The van der Waals surface area contributed by atoms with E-state index in [9.17, 15) is 4.79 Å². The Labute approximate surface area is 143 Å². The van der Waals surface area contributed by atoms with Crippen molar-refractivity contribution in [2.75, 3.05) is 26.8 Å². The SMILES string of the molecule is COCCCNC(=O)[C@H](C)N1CCC[C@@H]1c1c(C)nn(C)c1Cl. The number of ether oxygens (including phenoxy) is 1. The first-order valence-electron chi connectivity index (χ1n) is 8.18. The van der Waals surface area contributed by atoms with Gasteiger partial charge < -0.3 is 10.1 Å². The second-order valence-corrected chi connectivity index (χ2v) is 6.48. The van der Waals surface area contributed by atoms with E-state index in [0.717, 1.165) is 37.1 Å².